The zero-order chi connectivity index (χ0) is 20.0. The van der Waals surface area contributed by atoms with Gasteiger partial charge in [-0.1, -0.05) is 38.7 Å². The van der Waals surface area contributed by atoms with Crippen LogP contribution in [0.4, 0.5) is 4.39 Å². The standard InChI is InChI=1S/C21H35FO3Si/c1-7-25-20(24)17(19(23)21(3)12-13-21)15-18(22)16(2)11-9-8-10-14-26(4,5)6/h8,10,17H,7,9,11-15H2,1-6H3/b10-8-,18-16-. The molecule has 0 aromatic rings. The summed E-state index contributed by atoms with van der Waals surface area (Å²) < 4.78 is 19.6. The number of esters is 1. The first-order chi connectivity index (χ1) is 12.0. The molecule has 0 heterocycles. The summed E-state index contributed by atoms with van der Waals surface area (Å²) in [4.78, 5) is 24.8. The Bertz CT molecular complexity index is 568. The summed E-state index contributed by atoms with van der Waals surface area (Å²) in [5.41, 5.74) is 0.149. The molecule has 1 rings (SSSR count). The van der Waals surface area contributed by atoms with Crippen molar-refractivity contribution in [2.45, 2.75) is 78.6 Å². The van der Waals surface area contributed by atoms with Crippen LogP contribution in [0.15, 0.2) is 23.6 Å². The predicted octanol–water partition coefficient (Wildman–Crippen LogP) is 5.84. The van der Waals surface area contributed by atoms with E-state index in [1.54, 1.807) is 13.8 Å². The smallest absolute Gasteiger partial charge is 0.316 e. The van der Waals surface area contributed by atoms with Crippen LogP contribution in [0.5, 0.6) is 0 Å². The average Bonchev–Trinajstić information content (AvgIpc) is 3.29. The second-order valence-electron chi connectivity index (χ2n) is 8.89. The van der Waals surface area contributed by atoms with E-state index in [0.29, 0.717) is 12.0 Å². The summed E-state index contributed by atoms with van der Waals surface area (Å²) >= 11 is 0. The third kappa shape index (κ3) is 7.56. The predicted molar refractivity (Wildman–Crippen MR) is 107 cm³/mol. The maximum absolute atomic E-state index is 14.6. The molecule has 1 atom stereocenters. The summed E-state index contributed by atoms with van der Waals surface area (Å²) in [5.74, 6) is -2.13. The number of Topliss-reactive ketones (excluding diaryl/α,β-unsaturated/α-hetero) is 1. The van der Waals surface area contributed by atoms with Gasteiger partial charge in [0.05, 0.1) is 6.61 Å². The van der Waals surface area contributed by atoms with Crippen LogP contribution >= 0.6 is 0 Å². The van der Waals surface area contributed by atoms with Gasteiger partial charge in [0.2, 0.25) is 0 Å². The fourth-order valence-electron chi connectivity index (χ4n) is 2.72. The molecule has 0 saturated heterocycles. The van der Waals surface area contributed by atoms with Gasteiger partial charge in [0.15, 0.2) is 5.78 Å². The molecule has 0 aromatic carbocycles. The molecular weight excluding hydrogens is 347 g/mol. The summed E-state index contributed by atoms with van der Waals surface area (Å²) in [6.45, 7) is 12.4. The summed E-state index contributed by atoms with van der Waals surface area (Å²) in [5, 5.41) is 0. The number of ketones is 1. The largest absolute Gasteiger partial charge is 0.465 e. The molecular formula is C21H35FO3Si. The van der Waals surface area contributed by atoms with Gasteiger partial charge in [-0.2, -0.15) is 0 Å². The van der Waals surface area contributed by atoms with Gasteiger partial charge in [0.25, 0.3) is 0 Å². The van der Waals surface area contributed by atoms with Gasteiger partial charge in [0, 0.05) is 19.9 Å². The third-order valence-corrected chi connectivity index (χ3v) is 6.37. The minimum absolute atomic E-state index is 0.169. The minimum Gasteiger partial charge on any atom is -0.465 e. The second kappa shape index (κ2) is 9.63. The topological polar surface area (TPSA) is 43.4 Å². The van der Waals surface area contributed by atoms with Crippen LogP contribution in [0.25, 0.3) is 0 Å². The normalized spacial score (nSPS) is 18.4. The van der Waals surface area contributed by atoms with Gasteiger partial charge in [0.1, 0.15) is 11.7 Å². The van der Waals surface area contributed by atoms with Crippen LogP contribution < -0.4 is 0 Å². The molecule has 0 aromatic heterocycles. The van der Waals surface area contributed by atoms with E-state index in [0.717, 1.165) is 25.3 Å². The van der Waals surface area contributed by atoms with Crippen molar-refractivity contribution in [3.05, 3.63) is 23.6 Å². The number of rotatable bonds is 11. The Morgan fingerprint density at radius 3 is 2.35 bits per heavy atom. The molecule has 26 heavy (non-hydrogen) atoms. The fraction of sp³-hybridized carbons (Fsp3) is 0.714. The first-order valence-electron chi connectivity index (χ1n) is 9.70. The molecule has 3 nitrogen and oxygen atoms in total. The van der Waals surface area contributed by atoms with Crippen LogP contribution in [0.1, 0.15) is 52.9 Å². The zero-order valence-electron chi connectivity index (χ0n) is 17.3. The van der Waals surface area contributed by atoms with E-state index in [1.165, 1.54) is 0 Å². The van der Waals surface area contributed by atoms with Crippen molar-refractivity contribution < 1.29 is 18.7 Å². The van der Waals surface area contributed by atoms with Crippen molar-refractivity contribution in [3.63, 3.8) is 0 Å². The SMILES string of the molecule is CCOC(=O)C(C/C(F)=C(\C)CC/C=C\C[Si](C)(C)C)C(=O)C1(C)CC1. The van der Waals surface area contributed by atoms with E-state index in [-0.39, 0.29) is 24.6 Å². The fourth-order valence-corrected chi connectivity index (χ4v) is 3.60. The molecule has 0 radical (unpaired) electrons. The van der Waals surface area contributed by atoms with Crippen LogP contribution in [0.3, 0.4) is 0 Å². The van der Waals surface area contributed by atoms with Crippen molar-refractivity contribution in [2.75, 3.05) is 6.61 Å². The number of ether oxygens (including phenoxy) is 1. The first-order valence-corrected chi connectivity index (χ1v) is 13.4. The highest BCUT2D eigenvalue weighted by Gasteiger charge is 2.49. The molecule has 1 aliphatic carbocycles. The van der Waals surface area contributed by atoms with E-state index >= 15 is 0 Å². The number of hydrogen-bond acceptors (Lipinski definition) is 3. The second-order valence-corrected chi connectivity index (χ2v) is 14.4. The maximum Gasteiger partial charge on any atom is 0.316 e. The molecule has 1 saturated carbocycles. The molecule has 1 fully saturated rings. The highest BCUT2D eigenvalue weighted by molar-refractivity contribution is 6.76. The molecule has 0 N–H and O–H groups in total. The van der Waals surface area contributed by atoms with Crippen LogP contribution in [0.2, 0.25) is 25.7 Å². The molecule has 148 valence electrons. The lowest BCUT2D eigenvalue weighted by Gasteiger charge is -2.18. The van der Waals surface area contributed by atoms with Gasteiger partial charge in [-0.05, 0) is 51.1 Å². The highest BCUT2D eigenvalue weighted by Crippen LogP contribution is 2.48. The molecule has 0 bridgehead atoms. The lowest BCUT2D eigenvalue weighted by Crippen LogP contribution is -2.31. The molecule has 0 amide bonds. The van der Waals surface area contributed by atoms with Gasteiger partial charge in [-0.15, -0.1) is 0 Å². The monoisotopic (exact) mass is 382 g/mol. The minimum atomic E-state index is -1.09. The number of carbonyl (C=O) groups excluding carboxylic acids is 2. The van der Waals surface area contributed by atoms with Crippen molar-refractivity contribution in [2.24, 2.45) is 11.3 Å². The van der Waals surface area contributed by atoms with Gasteiger partial charge in [-0.3, -0.25) is 9.59 Å². The van der Waals surface area contributed by atoms with Crippen molar-refractivity contribution in [3.8, 4) is 0 Å². The van der Waals surface area contributed by atoms with Crippen LogP contribution in [-0.2, 0) is 14.3 Å². The van der Waals surface area contributed by atoms with Gasteiger partial charge in [-0.25, -0.2) is 4.39 Å². The quantitative estimate of drug-likeness (QED) is 0.195. The summed E-state index contributed by atoms with van der Waals surface area (Å²) in [6, 6.07) is 1.12. The highest BCUT2D eigenvalue weighted by atomic mass is 28.3. The average molecular weight is 383 g/mol. The van der Waals surface area contributed by atoms with Crippen molar-refractivity contribution in [1.82, 2.24) is 0 Å². The Balaban J connectivity index is 2.68. The van der Waals surface area contributed by atoms with Crippen LogP contribution in [-0.4, -0.2) is 26.4 Å². The van der Waals surface area contributed by atoms with Gasteiger partial charge < -0.3 is 4.74 Å². The third-order valence-electron chi connectivity index (χ3n) is 4.91. The van der Waals surface area contributed by atoms with Crippen molar-refractivity contribution >= 4 is 19.8 Å². The Morgan fingerprint density at radius 1 is 1.23 bits per heavy atom. The van der Waals surface area contributed by atoms with Crippen molar-refractivity contribution in [1.29, 1.82) is 0 Å². The Hall–Kier alpha value is -1.23. The lowest BCUT2D eigenvalue weighted by atomic mass is 9.88. The Kier molecular flexibility index (Phi) is 8.45. The van der Waals surface area contributed by atoms with E-state index in [9.17, 15) is 14.0 Å². The Labute approximate surface area is 159 Å². The van der Waals surface area contributed by atoms with Crippen LogP contribution in [0, 0.1) is 11.3 Å². The maximum atomic E-state index is 14.6. The van der Waals surface area contributed by atoms with Gasteiger partial charge >= 0.3 is 5.97 Å². The Morgan fingerprint density at radius 2 is 1.85 bits per heavy atom. The first kappa shape index (κ1) is 22.8. The molecule has 5 heteroatoms. The zero-order valence-corrected chi connectivity index (χ0v) is 18.3. The summed E-state index contributed by atoms with van der Waals surface area (Å²) in [6.07, 6.45) is 7.05. The van der Waals surface area contributed by atoms with E-state index in [1.807, 2.05) is 6.92 Å². The molecule has 1 aliphatic rings. The van der Waals surface area contributed by atoms with E-state index in [2.05, 4.69) is 31.8 Å². The number of hydrogen-bond donors (Lipinski definition) is 0. The summed E-state index contributed by atoms with van der Waals surface area (Å²) in [7, 11) is -1.09. The molecule has 0 spiro atoms. The lowest BCUT2D eigenvalue weighted by molar-refractivity contribution is -0.153. The van der Waals surface area contributed by atoms with E-state index in [4.69, 9.17) is 4.74 Å². The van der Waals surface area contributed by atoms with E-state index < -0.39 is 25.4 Å². The number of carbonyl (C=O) groups is 2. The number of halogens is 1. The molecule has 1 unspecified atom stereocenters. The molecule has 0 aliphatic heterocycles. The number of allylic oxidation sites excluding steroid dienone is 4.